The number of benzene rings is 3. The Morgan fingerprint density at radius 2 is 1.67 bits per heavy atom. The number of hydrogen-bond donors (Lipinski definition) is 0. The van der Waals surface area contributed by atoms with E-state index in [1.807, 2.05) is 12.1 Å². The van der Waals surface area contributed by atoms with E-state index in [9.17, 15) is 18.5 Å². The smallest absolute Gasteiger partial charge is 0.339 e. The molecule has 0 heterocycles. The van der Waals surface area contributed by atoms with Crippen LogP contribution in [0.4, 0.5) is 5.69 Å². The Kier molecular flexibility index (Phi) is 3.94. The lowest BCUT2D eigenvalue weighted by Crippen LogP contribution is -2.11. The van der Waals surface area contributed by atoms with Gasteiger partial charge in [-0.15, -0.1) is 0 Å². The van der Waals surface area contributed by atoms with Crippen LogP contribution in [0, 0.1) is 17.0 Å². The van der Waals surface area contributed by atoms with Crippen molar-refractivity contribution in [3.63, 3.8) is 0 Å². The summed E-state index contributed by atoms with van der Waals surface area (Å²) in [7, 11) is -4.18. The van der Waals surface area contributed by atoms with E-state index in [2.05, 4.69) is 0 Å². The number of aryl methyl sites for hydroxylation is 1. The fourth-order valence-corrected chi connectivity index (χ4v) is 3.31. The predicted molar refractivity (Wildman–Crippen MR) is 89.6 cm³/mol. The highest BCUT2D eigenvalue weighted by Gasteiger charge is 2.23. The van der Waals surface area contributed by atoms with Gasteiger partial charge in [-0.1, -0.05) is 36.4 Å². The first-order chi connectivity index (χ1) is 11.4. The Hall–Kier alpha value is -2.93. The van der Waals surface area contributed by atoms with Crippen molar-refractivity contribution >= 4 is 26.6 Å². The fourth-order valence-electron chi connectivity index (χ4n) is 2.33. The Labute approximate surface area is 138 Å². The Morgan fingerprint density at radius 3 is 2.38 bits per heavy atom. The zero-order chi connectivity index (χ0) is 17.3. The van der Waals surface area contributed by atoms with Crippen LogP contribution in [0.15, 0.2) is 65.6 Å². The molecule has 3 aromatic carbocycles. The summed E-state index contributed by atoms with van der Waals surface area (Å²) in [5.74, 6) is -0.307. The lowest BCUT2D eigenvalue weighted by molar-refractivity contribution is -0.385. The van der Waals surface area contributed by atoms with Crippen molar-refractivity contribution in [1.82, 2.24) is 0 Å². The van der Waals surface area contributed by atoms with E-state index in [0.29, 0.717) is 5.56 Å². The molecule has 0 fully saturated rings. The molecule has 0 amide bonds. The van der Waals surface area contributed by atoms with E-state index >= 15 is 0 Å². The Morgan fingerprint density at radius 1 is 0.958 bits per heavy atom. The first kappa shape index (κ1) is 15.9. The van der Waals surface area contributed by atoms with E-state index in [4.69, 9.17) is 4.18 Å². The molecule has 122 valence electrons. The molecular formula is C17H13NO5S. The van der Waals surface area contributed by atoms with E-state index < -0.39 is 15.0 Å². The third-order valence-electron chi connectivity index (χ3n) is 3.52. The largest absolute Gasteiger partial charge is 0.372 e. The normalized spacial score (nSPS) is 11.4. The van der Waals surface area contributed by atoms with Crippen molar-refractivity contribution < 1.29 is 17.5 Å². The summed E-state index contributed by atoms with van der Waals surface area (Å²) in [6, 6.07) is 15.9. The van der Waals surface area contributed by atoms with Gasteiger partial charge in [0, 0.05) is 6.07 Å². The minimum Gasteiger partial charge on any atom is -0.372 e. The number of hydrogen-bond acceptors (Lipinski definition) is 5. The maximum Gasteiger partial charge on any atom is 0.339 e. The Bertz CT molecular complexity index is 1040. The molecule has 0 radical (unpaired) electrons. The molecule has 0 saturated carbocycles. The summed E-state index contributed by atoms with van der Waals surface area (Å²) in [6.07, 6.45) is 0. The fraction of sp³-hybridized carbons (Fsp3) is 0.0588. The zero-order valence-electron chi connectivity index (χ0n) is 12.7. The summed E-state index contributed by atoms with van der Waals surface area (Å²) >= 11 is 0. The van der Waals surface area contributed by atoms with Gasteiger partial charge in [0.1, 0.15) is 4.90 Å². The lowest BCUT2D eigenvalue weighted by Gasteiger charge is -2.09. The van der Waals surface area contributed by atoms with Crippen LogP contribution in [-0.4, -0.2) is 13.3 Å². The molecule has 6 nitrogen and oxygen atoms in total. The maximum absolute atomic E-state index is 12.5. The summed E-state index contributed by atoms with van der Waals surface area (Å²) in [5.41, 5.74) is 0.247. The van der Waals surface area contributed by atoms with Crippen LogP contribution in [0.25, 0.3) is 10.8 Å². The third-order valence-corrected chi connectivity index (χ3v) is 4.75. The molecule has 0 atom stereocenters. The monoisotopic (exact) mass is 343 g/mol. The van der Waals surface area contributed by atoms with Crippen LogP contribution in [0.2, 0.25) is 0 Å². The Balaban J connectivity index is 2.03. The first-order valence-corrected chi connectivity index (χ1v) is 8.46. The molecule has 0 N–H and O–H groups in total. The van der Waals surface area contributed by atoms with Crippen LogP contribution in [-0.2, 0) is 10.1 Å². The number of nitro groups is 1. The van der Waals surface area contributed by atoms with Crippen LogP contribution in [0.1, 0.15) is 5.56 Å². The lowest BCUT2D eigenvalue weighted by atomic mass is 10.1. The summed E-state index contributed by atoms with van der Waals surface area (Å²) in [6.45, 7) is 1.68. The molecular weight excluding hydrogens is 330 g/mol. The van der Waals surface area contributed by atoms with Crippen molar-refractivity contribution in [2.75, 3.05) is 0 Å². The van der Waals surface area contributed by atoms with Crippen LogP contribution in [0.3, 0.4) is 0 Å². The highest BCUT2D eigenvalue weighted by Crippen LogP contribution is 2.31. The molecule has 0 aliphatic carbocycles. The van der Waals surface area contributed by atoms with Gasteiger partial charge < -0.3 is 4.18 Å². The van der Waals surface area contributed by atoms with E-state index in [1.165, 1.54) is 24.3 Å². The minimum absolute atomic E-state index is 0.0592. The van der Waals surface area contributed by atoms with Gasteiger partial charge in [-0.2, -0.15) is 8.42 Å². The van der Waals surface area contributed by atoms with Gasteiger partial charge in [-0.3, -0.25) is 10.1 Å². The summed E-state index contributed by atoms with van der Waals surface area (Å²) in [5, 5.41) is 12.7. The summed E-state index contributed by atoms with van der Waals surface area (Å²) < 4.78 is 29.9. The quantitative estimate of drug-likeness (QED) is 0.408. The minimum atomic E-state index is -4.18. The molecule has 24 heavy (non-hydrogen) atoms. The number of rotatable bonds is 4. The van der Waals surface area contributed by atoms with Gasteiger partial charge in [-0.05, 0) is 41.5 Å². The predicted octanol–water partition coefficient (Wildman–Crippen LogP) is 3.82. The average molecular weight is 343 g/mol. The molecule has 0 aliphatic rings. The second-order valence-corrected chi connectivity index (χ2v) is 6.82. The van der Waals surface area contributed by atoms with E-state index in [1.54, 1.807) is 31.2 Å². The van der Waals surface area contributed by atoms with E-state index in [0.717, 1.165) is 10.8 Å². The SMILES string of the molecule is Cc1ccc(OS(=O)(=O)c2ccc3ccccc3c2)c([N+](=O)[O-])c1. The first-order valence-electron chi connectivity index (χ1n) is 7.05. The van der Waals surface area contributed by atoms with Gasteiger partial charge in [0.15, 0.2) is 0 Å². The van der Waals surface area contributed by atoms with Crippen LogP contribution >= 0.6 is 0 Å². The van der Waals surface area contributed by atoms with Gasteiger partial charge >= 0.3 is 15.8 Å². The molecule has 0 aliphatic heterocycles. The second-order valence-electron chi connectivity index (χ2n) is 5.27. The van der Waals surface area contributed by atoms with Crippen molar-refractivity contribution in [3.8, 4) is 5.75 Å². The standard InChI is InChI=1S/C17H13NO5S/c1-12-6-9-17(16(10-12)18(19)20)23-24(21,22)15-8-7-13-4-2-3-5-14(13)11-15/h2-11H,1H3. The molecule has 0 unspecified atom stereocenters. The second kappa shape index (κ2) is 5.93. The summed E-state index contributed by atoms with van der Waals surface area (Å²) in [4.78, 5) is 10.4. The van der Waals surface area contributed by atoms with Crippen molar-refractivity contribution in [3.05, 3.63) is 76.3 Å². The van der Waals surface area contributed by atoms with Crippen LogP contribution < -0.4 is 4.18 Å². The molecule has 3 aromatic rings. The van der Waals surface area contributed by atoms with Gasteiger partial charge in [-0.25, -0.2) is 0 Å². The average Bonchev–Trinajstić information content (AvgIpc) is 2.55. The third kappa shape index (κ3) is 3.07. The van der Waals surface area contributed by atoms with Gasteiger partial charge in [0.25, 0.3) is 0 Å². The molecule has 7 heteroatoms. The van der Waals surface area contributed by atoms with Crippen LogP contribution in [0.5, 0.6) is 5.75 Å². The van der Waals surface area contributed by atoms with E-state index in [-0.39, 0.29) is 16.3 Å². The van der Waals surface area contributed by atoms with Gasteiger partial charge in [0.2, 0.25) is 5.75 Å². The van der Waals surface area contributed by atoms with Crippen molar-refractivity contribution in [2.24, 2.45) is 0 Å². The van der Waals surface area contributed by atoms with Gasteiger partial charge in [0.05, 0.1) is 4.92 Å². The molecule has 0 aromatic heterocycles. The van der Waals surface area contributed by atoms with Crippen molar-refractivity contribution in [1.29, 1.82) is 0 Å². The highest BCUT2D eigenvalue weighted by molar-refractivity contribution is 7.87. The highest BCUT2D eigenvalue weighted by atomic mass is 32.2. The number of nitro benzene ring substituents is 1. The maximum atomic E-state index is 12.5. The zero-order valence-corrected chi connectivity index (χ0v) is 13.5. The molecule has 3 rings (SSSR count). The number of nitrogens with zero attached hydrogens (tertiary/aromatic N) is 1. The topological polar surface area (TPSA) is 86.5 Å². The molecule has 0 bridgehead atoms. The van der Waals surface area contributed by atoms with Crippen molar-refractivity contribution in [2.45, 2.75) is 11.8 Å². The number of fused-ring (bicyclic) bond motifs is 1. The molecule has 0 saturated heterocycles. The molecule has 0 spiro atoms.